The number of carbonyl (C=O) groups is 2. The number of aromatic amines is 1. The number of aliphatic carboxylic acids is 1. The first kappa shape index (κ1) is 22.0. The second kappa shape index (κ2) is 10.4. The molecule has 0 aliphatic carbocycles. The molecule has 0 saturated heterocycles. The molecule has 0 saturated carbocycles. The van der Waals surface area contributed by atoms with Crippen LogP contribution in [-0.2, 0) is 29.2 Å². The lowest BCUT2D eigenvalue weighted by Crippen LogP contribution is -2.42. The predicted octanol–water partition coefficient (Wildman–Crippen LogP) is 4.67. The minimum atomic E-state index is -1.14. The van der Waals surface area contributed by atoms with E-state index in [1.165, 1.54) is 0 Å². The van der Waals surface area contributed by atoms with Gasteiger partial charge in [-0.1, -0.05) is 60.7 Å². The highest BCUT2D eigenvalue weighted by molar-refractivity contribution is 5.86. The lowest BCUT2D eigenvalue weighted by Gasteiger charge is -2.14. The molecule has 0 bridgehead atoms. The first-order chi connectivity index (χ1) is 16.1. The van der Waals surface area contributed by atoms with Gasteiger partial charge in [-0.05, 0) is 34.9 Å². The first-order valence-corrected chi connectivity index (χ1v) is 10.6. The van der Waals surface area contributed by atoms with Crippen LogP contribution >= 0.6 is 0 Å². The summed E-state index contributed by atoms with van der Waals surface area (Å²) in [6.07, 6.45) is 1.06. The highest BCUT2D eigenvalue weighted by Gasteiger charge is 2.23. The van der Waals surface area contributed by atoms with Gasteiger partial charge in [0.15, 0.2) is 0 Å². The third kappa shape index (κ3) is 5.92. The Kier molecular flexibility index (Phi) is 6.90. The molecule has 0 aliphatic rings. The van der Waals surface area contributed by atoms with Gasteiger partial charge in [0.1, 0.15) is 25.0 Å². The van der Waals surface area contributed by atoms with E-state index in [1.54, 1.807) is 6.20 Å². The number of benzene rings is 3. The number of carboxylic acids is 1. The molecule has 0 radical (unpaired) electrons. The van der Waals surface area contributed by atoms with E-state index in [2.05, 4.69) is 10.3 Å². The molecule has 33 heavy (non-hydrogen) atoms. The van der Waals surface area contributed by atoms with Crippen molar-refractivity contribution in [3.63, 3.8) is 0 Å². The van der Waals surface area contributed by atoms with Crippen molar-refractivity contribution in [3.8, 4) is 5.75 Å². The SMILES string of the molecule is O=C(N[C@@H](Cc1c[nH]c2ccc(OCc3ccccc3)cc12)C(=O)O)OCc1ccccc1. The molecule has 0 unspecified atom stereocenters. The number of ether oxygens (including phenoxy) is 2. The molecule has 4 aromatic rings. The number of aromatic nitrogens is 1. The third-order valence-electron chi connectivity index (χ3n) is 5.21. The number of nitrogens with one attached hydrogen (secondary N) is 2. The van der Waals surface area contributed by atoms with Crippen LogP contribution in [0, 0.1) is 0 Å². The molecule has 0 fully saturated rings. The van der Waals surface area contributed by atoms with Crippen LogP contribution in [0.4, 0.5) is 4.79 Å². The zero-order chi connectivity index (χ0) is 23.0. The van der Waals surface area contributed by atoms with Gasteiger partial charge in [0, 0.05) is 23.5 Å². The Bertz CT molecular complexity index is 1220. The maximum atomic E-state index is 12.2. The molecule has 7 nitrogen and oxygen atoms in total. The number of H-pyrrole nitrogens is 1. The van der Waals surface area contributed by atoms with Gasteiger partial charge < -0.3 is 24.9 Å². The van der Waals surface area contributed by atoms with Crippen LogP contribution in [0.15, 0.2) is 85.1 Å². The Morgan fingerprint density at radius 3 is 2.24 bits per heavy atom. The van der Waals surface area contributed by atoms with Crippen molar-refractivity contribution in [1.29, 1.82) is 0 Å². The fourth-order valence-electron chi connectivity index (χ4n) is 3.48. The van der Waals surface area contributed by atoms with Crippen LogP contribution in [0.3, 0.4) is 0 Å². The van der Waals surface area contributed by atoms with Gasteiger partial charge in [0.25, 0.3) is 0 Å². The molecule has 1 heterocycles. The molecular formula is C26H24N2O5. The van der Waals surface area contributed by atoms with Crippen LogP contribution in [0.5, 0.6) is 5.75 Å². The fraction of sp³-hybridized carbons (Fsp3) is 0.154. The quantitative estimate of drug-likeness (QED) is 0.348. The molecular weight excluding hydrogens is 420 g/mol. The summed E-state index contributed by atoms with van der Waals surface area (Å²) in [6.45, 7) is 0.493. The molecule has 1 amide bonds. The van der Waals surface area contributed by atoms with Crippen molar-refractivity contribution in [2.75, 3.05) is 0 Å². The topological polar surface area (TPSA) is 101 Å². The highest BCUT2D eigenvalue weighted by Crippen LogP contribution is 2.25. The van der Waals surface area contributed by atoms with Crippen LogP contribution in [-0.4, -0.2) is 28.2 Å². The summed E-state index contributed by atoms with van der Waals surface area (Å²) in [7, 11) is 0. The summed E-state index contributed by atoms with van der Waals surface area (Å²) in [4.78, 5) is 27.1. The van der Waals surface area contributed by atoms with E-state index < -0.39 is 18.1 Å². The van der Waals surface area contributed by atoms with Gasteiger partial charge in [-0.25, -0.2) is 9.59 Å². The molecule has 1 atom stereocenters. The van der Waals surface area contributed by atoms with Gasteiger partial charge in [-0.3, -0.25) is 0 Å². The Balaban J connectivity index is 1.41. The van der Waals surface area contributed by atoms with Crippen LogP contribution < -0.4 is 10.1 Å². The highest BCUT2D eigenvalue weighted by atomic mass is 16.5. The average molecular weight is 444 g/mol. The monoisotopic (exact) mass is 444 g/mol. The van der Waals surface area contributed by atoms with E-state index in [4.69, 9.17) is 9.47 Å². The Morgan fingerprint density at radius 1 is 0.909 bits per heavy atom. The summed E-state index contributed by atoms with van der Waals surface area (Å²) in [5.41, 5.74) is 3.48. The maximum Gasteiger partial charge on any atom is 0.408 e. The average Bonchev–Trinajstić information content (AvgIpc) is 3.24. The van der Waals surface area contributed by atoms with Gasteiger partial charge in [-0.2, -0.15) is 0 Å². The summed E-state index contributed by atoms with van der Waals surface area (Å²) >= 11 is 0. The third-order valence-corrected chi connectivity index (χ3v) is 5.21. The number of rotatable bonds is 9. The zero-order valence-corrected chi connectivity index (χ0v) is 17.9. The molecule has 4 rings (SSSR count). The van der Waals surface area contributed by atoms with E-state index in [-0.39, 0.29) is 13.0 Å². The Labute approximate surface area is 191 Å². The van der Waals surface area contributed by atoms with E-state index >= 15 is 0 Å². The molecule has 0 spiro atoms. The van der Waals surface area contributed by atoms with Crippen LogP contribution in [0.25, 0.3) is 10.9 Å². The van der Waals surface area contributed by atoms with Gasteiger partial charge in [-0.15, -0.1) is 0 Å². The van der Waals surface area contributed by atoms with Crippen molar-refractivity contribution in [2.45, 2.75) is 25.7 Å². The molecule has 0 aliphatic heterocycles. The smallest absolute Gasteiger partial charge is 0.408 e. The van der Waals surface area contributed by atoms with Crippen molar-refractivity contribution in [3.05, 3.63) is 102 Å². The lowest BCUT2D eigenvalue weighted by molar-refractivity contribution is -0.139. The van der Waals surface area contributed by atoms with Crippen molar-refractivity contribution >= 4 is 23.0 Å². The normalized spacial score (nSPS) is 11.6. The summed E-state index contributed by atoms with van der Waals surface area (Å²) < 4.78 is 11.1. The van der Waals surface area contributed by atoms with E-state index in [0.29, 0.717) is 12.4 Å². The summed E-state index contributed by atoms with van der Waals surface area (Å²) in [5.74, 6) is -0.466. The molecule has 7 heteroatoms. The minimum absolute atomic E-state index is 0.0637. The van der Waals surface area contributed by atoms with E-state index in [0.717, 1.165) is 27.6 Å². The Hall–Kier alpha value is -4.26. The number of carbonyl (C=O) groups excluding carboxylic acids is 1. The molecule has 168 valence electrons. The standard InChI is InChI=1S/C26H24N2O5/c29-25(30)24(28-26(31)33-17-19-9-5-2-6-10-19)13-20-15-27-23-12-11-21(14-22(20)23)32-16-18-7-3-1-4-8-18/h1-12,14-15,24,27H,13,16-17H2,(H,28,31)(H,29,30)/t24-/m0/s1. The minimum Gasteiger partial charge on any atom is -0.489 e. The van der Waals surface area contributed by atoms with Crippen LogP contribution in [0.1, 0.15) is 16.7 Å². The van der Waals surface area contributed by atoms with Crippen LogP contribution in [0.2, 0.25) is 0 Å². The van der Waals surface area contributed by atoms with E-state index in [9.17, 15) is 14.7 Å². The molecule has 1 aromatic heterocycles. The second-order valence-electron chi connectivity index (χ2n) is 7.60. The number of hydrogen-bond acceptors (Lipinski definition) is 4. The van der Waals surface area contributed by atoms with Crippen molar-refractivity contribution in [2.24, 2.45) is 0 Å². The lowest BCUT2D eigenvalue weighted by atomic mass is 10.0. The van der Waals surface area contributed by atoms with Gasteiger partial charge in [0.05, 0.1) is 0 Å². The number of alkyl carbamates (subject to hydrolysis) is 1. The number of hydrogen-bond donors (Lipinski definition) is 3. The fourth-order valence-corrected chi connectivity index (χ4v) is 3.48. The van der Waals surface area contributed by atoms with Gasteiger partial charge >= 0.3 is 12.1 Å². The largest absolute Gasteiger partial charge is 0.489 e. The van der Waals surface area contributed by atoms with Crippen molar-refractivity contribution in [1.82, 2.24) is 10.3 Å². The summed E-state index contributed by atoms with van der Waals surface area (Å²) in [5, 5.41) is 12.9. The van der Waals surface area contributed by atoms with Gasteiger partial charge in [0.2, 0.25) is 0 Å². The second-order valence-corrected chi connectivity index (χ2v) is 7.60. The summed E-state index contributed by atoms with van der Waals surface area (Å²) in [6, 6.07) is 23.5. The van der Waals surface area contributed by atoms with Crippen molar-refractivity contribution < 1.29 is 24.2 Å². The zero-order valence-electron chi connectivity index (χ0n) is 17.9. The number of carboxylic acid groups (broad SMARTS) is 1. The Morgan fingerprint density at radius 2 is 1.58 bits per heavy atom. The molecule has 3 aromatic carbocycles. The number of amides is 1. The molecule has 3 N–H and O–H groups in total. The van der Waals surface area contributed by atoms with E-state index in [1.807, 2.05) is 78.9 Å². The first-order valence-electron chi connectivity index (χ1n) is 10.6. The number of fused-ring (bicyclic) bond motifs is 1. The predicted molar refractivity (Wildman–Crippen MR) is 124 cm³/mol. The maximum absolute atomic E-state index is 12.2.